The fourth-order valence-electron chi connectivity index (χ4n) is 1.99. The first-order chi connectivity index (χ1) is 9.63. The third-order valence-electron chi connectivity index (χ3n) is 3.29. The van der Waals surface area contributed by atoms with Crippen LogP contribution in [0, 0.1) is 5.92 Å². The van der Waals surface area contributed by atoms with E-state index < -0.39 is 10.0 Å². The maximum absolute atomic E-state index is 12.2. The summed E-state index contributed by atoms with van der Waals surface area (Å²) in [7, 11) is -3.90. The van der Waals surface area contributed by atoms with Gasteiger partial charge in [-0.05, 0) is 37.5 Å². The van der Waals surface area contributed by atoms with Crippen molar-refractivity contribution in [3.8, 4) is 0 Å². The highest BCUT2D eigenvalue weighted by Crippen LogP contribution is 2.18. The summed E-state index contributed by atoms with van der Waals surface area (Å²) in [5.74, 6) is 0.137. The van der Waals surface area contributed by atoms with Crippen LogP contribution >= 0.6 is 11.6 Å². The number of carbonyl (C=O) groups excluding carboxylic acids is 1. The van der Waals surface area contributed by atoms with Gasteiger partial charge in [0.25, 0.3) is 5.91 Å². The molecule has 1 amide bonds. The van der Waals surface area contributed by atoms with E-state index in [1.807, 2.05) is 6.92 Å². The van der Waals surface area contributed by atoms with Gasteiger partial charge < -0.3 is 5.32 Å². The van der Waals surface area contributed by atoms with Gasteiger partial charge in [-0.3, -0.25) is 4.79 Å². The van der Waals surface area contributed by atoms with Gasteiger partial charge in [0.05, 0.1) is 4.90 Å². The smallest absolute Gasteiger partial charge is 0.251 e. The van der Waals surface area contributed by atoms with Crippen LogP contribution in [0.4, 0.5) is 0 Å². The fourth-order valence-corrected chi connectivity index (χ4v) is 2.88. The Bertz CT molecular complexity index is 617. The maximum atomic E-state index is 12.2. The monoisotopic (exact) mass is 332 g/mol. The first-order valence-corrected chi connectivity index (χ1v) is 8.70. The summed E-state index contributed by atoms with van der Waals surface area (Å²) in [5, 5.41) is 8.05. The van der Waals surface area contributed by atoms with Crippen molar-refractivity contribution in [3.05, 3.63) is 28.8 Å². The van der Waals surface area contributed by atoms with Gasteiger partial charge in [0.15, 0.2) is 0 Å². The number of hydrogen-bond donors (Lipinski definition) is 2. The fraction of sp³-hybridized carbons (Fsp3) is 0.500. The first kappa shape index (κ1) is 17.9. The van der Waals surface area contributed by atoms with Gasteiger partial charge in [-0.1, -0.05) is 31.9 Å². The van der Waals surface area contributed by atoms with Crippen LogP contribution in [-0.4, -0.2) is 20.4 Å². The zero-order valence-electron chi connectivity index (χ0n) is 12.4. The van der Waals surface area contributed by atoms with Gasteiger partial charge in [0.2, 0.25) is 10.0 Å². The molecule has 3 N–H and O–H groups in total. The van der Waals surface area contributed by atoms with E-state index in [0.29, 0.717) is 5.92 Å². The highest BCUT2D eigenvalue weighted by Gasteiger charge is 2.16. The van der Waals surface area contributed by atoms with Gasteiger partial charge >= 0.3 is 0 Å². The van der Waals surface area contributed by atoms with Crippen LogP contribution in [0.3, 0.4) is 0 Å². The Kier molecular flexibility index (Phi) is 6.19. The zero-order chi connectivity index (χ0) is 16.2. The molecule has 2 atom stereocenters. The predicted octanol–water partition coefficient (Wildman–Crippen LogP) is 2.54. The van der Waals surface area contributed by atoms with E-state index >= 15 is 0 Å². The Morgan fingerprint density at radius 2 is 1.95 bits per heavy atom. The quantitative estimate of drug-likeness (QED) is 0.838. The lowest BCUT2D eigenvalue weighted by Gasteiger charge is -2.17. The van der Waals surface area contributed by atoms with Crippen LogP contribution in [0.2, 0.25) is 5.02 Å². The summed E-state index contributed by atoms with van der Waals surface area (Å²) >= 11 is 5.84. The Labute approximate surface area is 130 Å². The molecule has 2 unspecified atom stereocenters. The van der Waals surface area contributed by atoms with Crippen LogP contribution in [0.25, 0.3) is 0 Å². The molecule has 0 aliphatic heterocycles. The largest absolute Gasteiger partial charge is 0.350 e. The second kappa shape index (κ2) is 7.24. The van der Waals surface area contributed by atoms with Crippen molar-refractivity contribution >= 4 is 27.5 Å². The molecule has 0 radical (unpaired) electrons. The Balaban J connectivity index is 2.91. The molecule has 0 aromatic heterocycles. The SMILES string of the molecule is CCC(C)CC(C)NC(=O)c1cc(Cl)cc(S(N)(=O)=O)c1. The third-order valence-corrected chi connectivity index (χ3v) is 4.40. The first-order valence-electron chi connectivity index (χ1n) is 6.77. The van der Waals surface area contributed by atoms with Gasteiger partial charge in [0.1, 0.15) is 0 Å². The lowest BCUT2D eigenvalue weighted by molar-refractivity contribution is 0.0935. The van der Waals surface area contributed by atoms with Crippen LogP contribution in [0.15, 0.2) is 23.1 Å². The van der Waals surface area contributed by atoms with Crippen LogP contribution in [-0.2, 0) is 10.0 Å². The molecule has 1 aromatic carbocycles. The summed E-state index contributed by atoms with van der Waals surface area (Å²) in [6, 6.07) is 3.86. The summed E-state index contributed by atoms with van der Waals surface area (Å²) in [5.41, 5.74) is 0.183. The molecule has 1 aromatic rings. The number of amides is 1. The van der Waals surface area contributed by atoms with Crippen LogP contribution in [0.1, 0.15) is 44.0 Å². The third kappa shape index (κ3) is 5.65. The average molecular weight is 333 g/mol. The molecular formula is C14H21ClN2O3S. The highest BCUT2D eigenvalue weighted by molar-refractivity contribution is 7.89. The van der Waals surface area contributed by atoms with Gasteiger partial charge in [-0.25, -0.2) is 13.6 Å². The van der Waals surface area contributed by atoms with E-state index in [-0.39, 0.29) is 27.4 Å². The van der Waals surface area contributed by atoms with Crippen LogP contribution in [0.5, 0.6) is 0 Å². The number of hydrogen-bond acceptors (Lipinski definition) is 3. The number of sulfonamides is 1. The van der Waals surface area contributed by atoms with Gasteiger partial charge in [0, 0.05) is 16.6 Å². The number of nitrogens with one attached hydrogen (secondary N) is 1. The van der Waals surface area contributed by atoms with Crippen molar-refractivity contribution in [1.29, 1.82) is 0 Å². The topological polar surface area (TPSA) is 89.3 Å². The number of carbonyl (C=O) groups is 1. The van der Waals surface area contributed by atoms with Crippen molar-refractivity contribution in [1.82, 2.24) is 5.32 Å². The molecule has 0 saturated carbocycles. The minimum atomic E-state index is -3.90. The van der Waals surface area contributed by atoms with Crippen molar-refractivity contribution in [2.75, 3.05) is 0 Å². The minimum absolute atomic E-state index is 0.00985. The molecule has 0 saturated heterocycles. The molecule has 0 spiro atoms. The molecule has 0 heterocycles. The zero-order valence-corrected chi connectivity index (χ0v) is 14.0. The molecule has 0 aliphatic carbocycles. The summed E-state index contributed by atoms with van der Waals surface area (Å²) in [4.78, 5) is 12.0. The second-order valence-electron chi connectivity index (χ2n) is 5.34. The van der Waals surface area contributed by atoms with E-state index in [0.717, 1.165) is 12.8 Å². The molecule has 1 rings (SSSR count). The minimum Gasteiger partial charge on any atom is -0.350 e. The van der Waals surface area contributed by atoms with E-state index in [4.69, 9.17) is 16.7 Å². The number of primary sulfonamides is 1. The van der Waals surface area contributed by atoms with E-state index in [1.165, 1.54) is 18.2 Å². The molecule has 5 nitrogen and oxygen atoms in total. The standard InChI is InChI=1S/C14H21ClN2O3S/c1-4-9(2)5-10(3)17-14(18)11-6-12(15)8-13(7-11)21(16,19)20/h6-10H,4-5H2,1-3H3,(H,17,18)(H2,16,19,20). The summed E-state index contributed by atoms with van der Waals surface area (Å²) in [6.45, 7) is 6.12. The summed E-state index contributed by atoms with van der Waals surface area (Å²) in [6.07, 6.45) is 1.89. The lowest BCUT2D eigenvalue weighted by Crippen LogP contribution is -2.33. The highest BCUT2D eigenvalue weighted by atomic mass is 35.5. The van der Waals surface area contributed by atoms with E-state index in [9.17, 15) is 13.2 Å². The Hall–Kier alpha value is -1.11. The van der Waals surface area contributed by atoms with E-state index in [2.05, 4.69) is 19.2 Å². The van der Waals surface area contributed by atoms with Crippen LogP contribution < -0.4 is 10.5 Å². The Morgan fingerprint density at radius 1 is 1.33 bits per heavy atom. The molecule has 0 bridgehead atoms. The Morgan fingerprint density at radius 3 is 2.48 bits per heavy atom. The normalized spacial score (nSPS) is 14.5. The van der Waals surface area contributed by atoms with Crippen molar-refractivity contribution in [2.24, 2.45) is 11.1 Å². The average Bonchev–Trinajstić information content (AvgIpc) is 2.36. The van der Waals surface area contributed by atoms with Crippen molar-refractivity contribution < 1.29 is 13.2 Å². The molecule has 0 aliphatic rings. The number of rotatable bonds is 6. The molecule has 7 heteroatoms. The lowest BCUT2D eigenvalue weighted by atomic mass is 10.0. The van der Waals surface area contributed by atoms with E-state index in [1.54, 1.807) is 0 Å². The predicted molar refractivity (Wildman–Crippen MR) is 83.8 cm³/mol. The van der Waals surface area contributed by atoms with Crippen molar-refractivity contribution in [3.63, 3.8) is 0 Å². The van der Waals surface area contributed by atoms with Gasteiger partial charge in [-0.2, -0.15) is 0 Å². The maximum Gasteiger partial charge on any atom is 0.251 e. The molecule has 0 fully saturated rings. The number of nitrogens with two attached hydrogens (primary N) is 1. The summed E-state index contributed by atoms with van der Waals surface area (Å²) < 4.78 is 22.7. The number of benzene rings is 1. The molecule has 21 heavy (non-hydrogen) atoms. The number of halogens is 1. The molecule has 118 valence electrons. The van der Waals surface area contributed by atoms with Gasteiger partial charge in [-0.15, -0.1) is 0 Å². The second-order valence-corrected chi connectivity index (χ2v) is 7.34. The molecular weight excluding hydrogens is 312 g/mol. The van der Waals surface area contributed by atoms with Crippen molar-refractivity contribution in [2.45, 2.75) is 44.6 Å².